The fraction of sp³-hybridized carbons (Fsp3) is 0.923. The van der Waals surface area contributed by atoms with Crippen molar-refractivity contribution in [2.24, 2.45) is 5.92 Å². The first kappa shape index (κ1) is 14.5. The Hall–Kier alpha value is -0.530. The summed E-state index contributed by atoms with van der Waals surface area (Å²) in [7, 11) is 1.70. The van der Waals surface area contributed by atoms with Crippen LogP contribution in [0.3, 0.4) is 0 Å². The van der Waals surface area contributed by atoms with Crippen molar-refractivity contribution < 1.29 is 4.79 Å². The van der Waals surface area contributed by atoms with Crippen molar-refractivity contribution in [3.8, 4) is 0 Å². The van der Waals surface area contributed by atoms with Crippen molar-refractivity contribution in [2.45, 2.75) is 65.2 Å². The average molecular weight is 213 g/mol. The second kappa shape index (κ2) is 10.0. The Kier molecular flexibility index (Phi) is 9.65. The van der Waals surface area contributed by atoms with Gasteiger partial charge in [0, 0.05) is 13.5 Å². The van der Waals surface area contributed by atoms with Crippen molar-refractivity contribution in [1.29, 1.82) is 0 Å². The van der Waals surface area contributed by atoms with Crippen LogP contribution in [0.4, 0.5) is 0 Å². The molecule has 0 aromatic heterocycles. The lowest BCUT2D eigenvalue weighted by Crippen LogP contribution is -2.16. The molecule has 0 aromatic carbocycles. The Morgan fingerprint density at radius 1 is 1.00 bits per heavy atom. The molecule has 0 saturated carbocycles. The largest absolute Gasteiger partial charge is 0.359 e. The Morgan fingerprint density at radius 3 is 2.07 bits per heavy atom. The van der Waals surface area contributed by atoms with E-state index in [1.807, 2.05) is 0 Å². The molecule has 0 saturated heterocycles. The van der Waals surface area contributed by atoms with E-state index in [-0.39, 0.29) is 5.91 Å². The molecule has 0 unspecified atom stereocenters. The number of carbonyl (C=O) groups excluding carboxylic acids is 1. The Bertz CT molecular complexity index is 155. The van der Waals surface area contributed by atoms with Crippen molar-refractivity contribution in [2.75, 3.05) is 7.05 Å². The second-order valence-electron chi connectivity index (χ2n) is 4.73. The maximum absolute atomic E-state index is 10.9. The highest BCUT2D eigenvalue weighted by Gasteiger charge is 1.97. The highest BCUT2D eigenvalue weighted by atomic mass is 16.1. The molecule has 0 heterocycles. The first-order valence-corrected chi connectivity index (χ1v) is 6.37. The summed E-state index contributed by atoms with van der Waals surface area (Å²) in [5.41, 5.74) is 0. The lowest BCUT2D eigenvalue weighted by atomic mass is 10.0. The number of amides is 1. The maximum atomic E-state index is 10.9. The highest BCUT2D eigenvalue weighted by Crippen LogP contribution is 2.11. The van der Waals surface area contributed by atoms with Gasteiger partial charge in [-0.3, -0.25) is 4.79 Å². The van der Waals surface area contributed by atoms with Gasteiger partial charge in [-0.2, -0.15) is 0 Å². The third kappa shape index (κ3) is 11.4. The molecule has 0 fully saturated rings. The van der Waals surface area contributed by atoms with Gasteiger partial charge in [-0.05, 0) is 12.3 Å². The minimum atomic E-state index is 0.176. The fourth-order valence-corrected chi connectivity index (χ4v) is 1.67. The summed E-state index contributed by atoms with van der Waals surface area (Å²) < 4.78 is 0. The second-order valence-corrected chi connectivity index (χ2v) is 4.73. The molecule has 0 aliphatic rings. The van der Waals surface area contributed by atoms with E-state index >= 15 is 0 Å². The summed E-state index contributed by atoms with van der Waals surface area (Å²) in [6.07, 6.45) is 9.65. The van der Waals surface area contributed by atoms with Gasteiger partial charge in [0.25, 0.3) is 0 Å². The Balaban J connectivity index is 3.02. The van der Waals surface area contributed by atoms with Gasteiger partial charge in [0.1, 0.15) is 0 Å². The zero-order valence-electron chi connectivity index (χ0n) is 10.6. The zero-order valence-corrected chi connectivity index (χ0v) is 10.6. The first-order valence-electron chi connectivity index (χ1n) is 6.37. The van der Waals surface area contributed by atoms with E-state index in [9.17, 15) is 4.79 Å². The van der Waals surface area contributed by atoms with Crippen LogP contribution in [0.15, 0.2) is 0 Å². The topological polar surface area (TPSA) is 29.1 Å². The molecule has 0 bridgehead atoms. The summed E-state index contributed by atoms with van der Waals surface area (Å²) in [5, 5.41) is 2.65. The molecule has 0 radical (unpaired) electrons. The molecule has 2 heteroatoms. The zero-order chi connectivity index (χ0) is 11.5. The molecule has 90 valence electrons. The van der Waals surface area contributed by atoms with Crippen LogP contribution >= 0.6 is 0 Å². The van der Waals surface area contributed by atoms with Crippen molar-refractivity contribution in [3.63, 3.8) is 0 Å². The number of nitrogens with one attached hydrogen (secondary N) is 1. The van der Waals surface area contributed by atoms with Gasteiger partial charge in [-0.1, -0.05) is 52.4 Å². The van der Waals surface area contributed by atoms with E-state index < -0.39 is 0 Å². The number of hydrogen-bond donors (Lipinski definition) is 1. The third-order valence-electron chi connectivity index (χ3n) is 2.71. The minimum absolute atomic E-state index is 0.176. The first-order chi connectivity index (χ1) is 7.16. The van der Waals surface area contributed by atoms with Crippen LogP contribution in [0.1, 0.15) is 65.2 Å². The monoisotopic (exact) mass is 213 g/mol. The number of hydrogen-bond acceptors (Lipinski definition) is 1. The number of carbonyl (C=O) groups is 1. The van der Waals surface area contributed by atoms with E-state index in [4.69, 9.17) is 0 Å². The van der Waals surface area contributed by atoms with Crippen LogP contribution in [0, 0.1) is 5.92 Å². The van der Waals surface area contributed by atoms with Crippen LogP contribution in [0.2, 0.25) is 0 Å². The summed E-state index contributed by atoms with van der Waals surface area (Å²) >= 11 is 0. The molecule has 0 aromatic rings. The van der Waals surface area contributed by atoms with E-state index in [2.05, 4.69) is 19.2 Å². The van der Waals surface area contributed by atoms with Crippen molar-refractivity contribution in [1.82, 2.24) is 5.32 Å². The normalized spacial score (nSPS) is 10.7. The average Bonchev–Trinajstić information content (AvgIpc) is 2.21. The molecule has 0 aliphatic heterocycles. The molecular formula is C13H27NO. The van der Waals surface area contributed by atoms with Crippen LogP contribution < -0.4 is 5.32 Å². The van der Waals surface area contributed by atoms with E-state index in [0.717, 1.165) is 12.3 Å². The molecule has 0 spiro atoms. The van der Waals surface area contributed by atoms with Gasteiger partial charge in [0.15, 0.2) is 0 Å². The van der Waals surface area contributed by atoms with E-state index in [1.165, 1.54) is 38.5 Å². The van der Waals surface area contributed by atoms with Crippen LogP contribution in [0.25, 0.3) is 0 Å². The van der Waals surface area contributed by atoms with Crippen molar-refractivity contribution >= 4 is 5.91 Å². The molecule has 0 atom stereocenters. The van der Waals surface area contributed by atoms with Gasteiger partial charge in [0.2, 0.25) is 5.91 Å². The predicted molar refractivity (Wildman–Crippen MR) is 65.8 cm³/mol. The Labute approximate surface area is 94.8 Å². The lowest BCUT2D eigenvalue weighted by molar-refractivity contribution is -0.120. The molecule has 15 heavy (non-hydrogen) atoms. The van der Waals surface area contributed by atoms with Crippen molar-refractivity contribution in [3.05, 3.63) is 0 Å². The van der Waals surface area contributed by atoms with E-state index in [0.29, 0.717) is 6.42 Å². The van der Waals surface area contributed by atoms with E-state index in [1.54, 1.807) is 7.05 Å². The highest BCUT2D eigenvalue weighted by molar-refractivity contribution is 5.75. The minimum Gasteiger partial charge on any atom is -0.359 e. The molecule has 2 nitrogen and oxygen atoms in total. The van der Waals surface area contributed by atoms with Gasteiger partial charge >= 0.3 is 0 Å². The molecule has 1 amide bonds. The van der Waals surface area contributed by atoms with Gasteiger partial charge in [-0.25, -0.2) is 0 Å². The van der Waals surface area contributed by atoms with Crippen LogP contribution in [-0.4, -0.2) is 13.0 Å². The third-order valence-corrected chi connectivity index (χ3v) is 2.71. The molecule has 0 aliphatic carbocycles. The molecule has 1 N–H and O–H groups in total. The van der Waals surface area contributed by atoms with Gasteiger partial charge in [-0.15, -0.1) is 0 Å². The summed E-state index contributed by atoms with van der Waals surface area (Å²) in [5.74, 6) is 1.02. The quantitative estimate of drug-likeness (QED) is 0.583. The number of unbranched alkanes of at least 4 members (excludes halogenated alkanes) is 5. The standard InChI is InChI=1S/C13H27NO/c1-12(2)10-8-6-4-5-7-9-11-13(15)14-3/h12H,4-11H2,1-3H3,(H,14,15). The smallest absolute Gasteiger partial charge is 0.219 e. The van der Waals surface area contributed by atoms with Crippen LogP contribution in [-0.2, 0) is 4.79 Å². The molecular weight excluding hydrogens is 186 g/mol. The Morgan fingerprint density at radius 2 is 1.53 bits per heavy atom. The van der Waals surface area contributed by atoms with Crippen LogP contribution in [0.5, 0.6) is 0 Å². The molecule has 0 rings (SSSR count). The summed E-state index contributed by atoms with van der Waals surface area (Å²) in [6.45, 7) is 4.56. The van der Waals surface area contributed by atoms with Gasteiger partial charge < -0.3 is 5.32 Å². The summed E-state index contributed by atoms with van der Waals surface area (Å²) in [4.78, 5) is 10.9. The fourth-order valence-electron chi connectivity index (χ4n) is 1.67. The maximum Gasteiger partial charge on any atom is 0.219 e. The lowest BCUT2D eigenvalue weighted by Gasteiger charge is -2.04. The van der Waals surface area contributed by atoms with Gasteiger partial charge in [0.05, 0.1) is 0 Å². The predicted octanol–water partition coefficient (Wildman–Crippen LogP) is 3.51. The SMILES string of the molecule is CNC(=O)CCCCCCCCC(C)C. The summed E-state index contributed by atoms with van der Waals surface area (Å²) in [6, 6.07) is 0. The number of rotatable bonds is 9.